The molecule has 0 radical (unpaired) electrons. The van der Waals surface area contributed by atoms with Gasteiger partial charge in [0, 0.05) is 19.3 Å². The molecule has 0 saturated heterocycles. The van der Waals surface area contributed by atoms with E-state index in [0.29, 0.717) is 6.54 Å². The van der Waals surface area contributed by atoms with Gasteiger partial charge in [-0.2, -0.15) is 5.26 Å². The number of rotatable bonds is 4. The molecule has 92 valence electrons. The summed E-state index contributed by atoms with van der Waals surface area (Å²) in [5.41, 5.74) is 0.697. The van der Waals surface area contributed by atoms with Crippen LogP contribution >= 0.6 is 15.9 Å². The van der Waals surface area contributed by atoms with Crippen LogP contribution in [0, 0.1) is 16.7 Å². The van der Waals surface area contributed by atoms with Crippen molar-refractivity contribution in [2.24, 2.45) is 5.41 Å². The number of nitriles is 1. The van der Waals surface area contributed by atoms with Crippen molar-refractivity contribution >= 4 is 21.6 Å². The number of benzene rings is 1. The Morgan fingerprint density at radius 1 is 1.47 bits per heavy atom. The van der Waals surface area contributed by atoms with Gasteiger partial charge in [0.05, 0.1) is 23.1 Å². The second-order valence-electron chi connectivity index (χ2n) is 4.67. The average molecular weight is 297 g/mol. The van der Waals surface area contributed by atoms with Crippen LogP contribution in [0.15, 0.2) is 22.7 Å². The van der Waals surface area contributed by atoms with E-state index in [1.807, 2.05) is 39.1 Å². The van der Waals surface area contributed by atoms with Crippen LogP contribution in [-0.4, -0.2) is 20.7 Å². The lowest BCUT2D eigenvalue weighted by atomic mass is 9.95. The van der Waals surface area contributed by atoms with Crippen LogP contribution in [0.4, 0.5) is 5.69 Å². The summed E-state index contributed by atoms with van der Waals surface area (Å²) in [6.07, 6.45) is 0. The number of anilines is 1. The van der Waals surface area contributed by atoms with Crippen LogP contribution in [0.1, 0.15) is 13.8 Å². The standard InChI is InChI=1S/C13H17BrN2O/c1-13(2,8-15)9-16(3)10-5-6-12(17-4)11(14)7-10/h5-7H,9H2,1-4H3. The summed E-state index contributed by atoms with van der Waals surface area (Å²) in [7, 11) is 3.62. The van der Waals surface area contributed by atoms with E-state index >= 15 is 0 Å². The Kier molecular flexibility index (Phi) is 4.41. The van der Waals surface area contributed by atoms with Crippen LogP contribution in [-0.2, 0) is 0 Å². The van der Waals surface area contributed by atoms with E-state index in [2.05, 4.69) is 26.9 Å². The monoisotopic (exact) mass is 296 g/mol. The minimum atomic E-state index is -0.360. The van der Waals surface area contributed by atoms with Crippen molar-refractivity contribution in [2.75, 3.05) is 25.6 Å². The summed E-state index contributed by atoms with van der Waals surface area (Å²) in [5.74, 6) is 0.807. The van der Waals surface area contributed by atoms with Gasteiger partial charge < -0.3 is 9.64 Å². The summed E-state index contributed by atoms with van der Waals surface area (Å²) in [6.45, 7) is 4.55. The van der Waals surface area contributed by atoms with Crippen molar-refractivity contribution in [3.8, 4) is 11.8 Å². The SMILES string of the molecule is COc1ccc(N(C)CC(C)(C)C#N)cc1Br. The number of methoxy groups -OCH3 is 1. The first-order chi connectivity index (χ1) is 7.89. The van der Waals surface area contributed by atoms with Gasteiger partial charge in [-0.1, -0.05) is 0 Å². The molecular formula is C13H17BrN2O. The number of ether oxygens (including phenoxy) is 1. The first-order valence-corrected chi connectivity index (χ1v) is 6.15. The zero-order valence-corrected chi connectivity index (χ0v) is 12.2. The Hall–Kier alpha value is -1.21. The highest BCUT2D eigenvalue weighted by Gasteiger charge is 2.19. The lowest BCUT2D eigenvalue weighted by Crippen LogP contribution is -2.30. The normalized spacial score (nSPS) is 10.8. The van der Waals surface area contributed by atoms with Gasteiger partial charge in [-0.05, 0) is 48.0 Å². The first kappa shape index (κ1) is 13.9. The number of hydrogen-bond acceptors (Lipinski definition) is 3. The van der Waals surface area contributed by atoms with Crippen molar-refractivity contribution in [3.63, 3.8) is 0 Å². The van der Waals surface area contributed by atoms with Gasteiger partial charge in [0.1, 0.15) is 5.75 Å². The maximum atomic E-state index is 9.02. The number of hydrogen-bond donors (Lipinski definition) is 0. The molecule has 0 saturated carbocycles. The summed E-state index contributed by atoms with van der Waals surface area (Å²) >= 11 is 3.46. The molecule has 0 atom stereocenters. The molecule has 0 aromatic heterocycles. The molecule has 17 heavy (non-hydrogen) atoms. The molecule has 0 amide bonds. The lowest BCUT2D eigenvalue weighted by Gasteiger charge is -2.26. The van der Waals surface area contributed by atoms with Crippen molar-refractivity contribution in [2.45, 2.75) is 13.8 Å². The van der Waals surface area contributed by atoms with Crippen molar-refractivity contribution in [1.82, 2.24) is 0 Å². The van der Waals surface area contributed by atoms with Crippen LogP contribution < -0.4 is 9.64 Å². The number of halogens is 1. The first-order valence-electron chi connectivity index (χ1n) is 5.35. The second kappa shape index (κ2) is 5.42. The molecule has 0 heterocycles. The molecule has 3 nitrogen and oxygen atoms in total. The topological polar surface area (TPSA) is 36.3 Å². The predicted octanol–water partition coefficient (Wildman–Crippen LogP) is 3.44. The molecule has 0 unspecified atom stereocenters. The zero-order valence-electron chi connectivity index (χ0n) is 10.6. The van der Waals surface area contributed by atoms with E-state index in [0.717, 1.165) is 15.9 Å². The fourth-order valence-electron chi connectivity index (χ4n) is 1.61. The molecule has 0 fully saturated rings. The summed E-state index contributed by atoms with van der Waals surface area (Å²) in [4.78, 5) is 2.06. The Balaban J connectivity index is 2.87. The summed E-state index contributed by atoms with van der Waals surface area (Å²) in [5, 5.41) is 9.02. The van der Waals surface area contributed by atoms with Gasteiger partial charge in [-0.3, -0.25) is 0 Å². The summed E-state index contributed by atoms with van der Waals surface area (Å²) in [6, 6.07) is 8.19. The highest BCUT2D eigenvalue weighted by Crippen LogP contribution is 2.30. The largest absolute Gasteiger partial charge is 0.496 e. The van der Waals surface area contributed by atoms with Gasteiger partial charge >= 0.3 is 0 Å². The molecule has 0 bridgehead atoms. The van der Waals surface area contributed by atoms with Crippen LogP contribution in [0.3, 0.4) is 0 Å². The highest BCUT2D eigenvalue weighted by molar-refractivity contribution is 9.10. The molecule has 0 aliphatic heterocycles. The van der Waals surface area contributed by atoms with Gasteiger partial charge in [-0.25, -0.2) is 0 Å². The van der Waals surface area contributed by atoms with Gasteiger partial charge in [0.2, 0.25) is 0 Å². The smallest absolute Gasteiger partial charge is 0.133 e. The van der Waals surface area contributed by atoms with E-state index in [4.69, 9.17) is 10.00 Å². The molecule has 1 rings (SSSR count). The zero-order chi connectivity index (χ0) is 13.1. The van der Waals surface area contributed by atoms with Crippen molar-refractivity contribution in [3.05, 3.63) is 22.7 Å². The predicted molar refractivity (Wildman–Crippen MR) is 73.4 cm³/mol. The molecule has 0 aliphatic rings. The Labute approximate surface area is 111 Å². The minimum Gasteiger partial charge on any atom is -0.496 e. The van der Waals surface area contributed by atoms with E-state index in [1.54, 1.807) is 7.11 Å². The van der Waals surface area contributed by atoms with Gasteiger partial charge in [-0.15, -0.1) is 0 Å². The molecule has 4 heteroatoms. The molecule has 0 N–H and O–H groups in total. The van der Waals surface area contributed by atoms with Crippen molar-refractivity contribution < 1.29 is 4.74 Å². The van der Waals surface area contributed by atoms with E-state index in [1.165, 1.54) is 0 Å². The number of nitrogens with zero attached hydrogens (tertiary/aromatic N) is 2. The fraction of sp³-hybridized carbons (Fsp3) is 0.462. The third-order valence-corrected chi connectivity index (χ3v) is 3.13. The van der Waals surface area contributed by atoms with E-state index in [-0.39, 0.29) is 5.41 Å². The highest BCUT2D eigenvalue weighted by atomic mass is 79.9. The summed E-state index contributed by atoms with van der Waals surface area (Å²) < 4.78 is 6.10. The van der Waals surface area contributed by atoms with Crippen molar-refractivity contribution in [1.29, 1.82) is 5.26 Å². The third kappa shape index (κ3) is 3.64. The second-order valence-corrected chi connectivity index (χ2v) is 5.52. The van der Waals surface area contributed by atoms with E-state index < -0.39 is 0 Å². The van der Waals surface area contributed by atoms with Crippen LogP contribution in [0.5, 0.6) is 5.75 Å². The fourth-order valence-corrected chi connectivity index (χ4v) is 2.14. The average Bonchev–Trinajstić information content (AvgIpc) is 2.28. The van der Waals surface area contributed by atoms with Gasteiger partial charge in [0.15, 0.2) is 0 Å². The third-order valence-electron chi connectivity index (χ3n) is 2.51. The molecule has 1 aromatic rings. The van der Waals surface area contributed by atoms with Gasteiger partial charge in [0.25, 0.3) is 0 Å². The molecular weight excluding hydrogens is 280 g/mol. The minimum absolute atomic E-state index is 0.360. The molecule has 0 aliphatic carbocycles. The quantitative estimate of drug-likeness (QED) is 0.854. The van der Waals surface area contributed by atoms with Crippen LogP contribution in [0.25, 0.3) is 0 Å². The Morgan fingerprint density at radius 2 is 2.12 bits per heavy atom. The maximum Gasteiger partial charge on any atom is 0.133 e. The maximum absolute atomic E-state index is 9.02. The lowest BCUT2D eigenvalue weighted by molar-refractivity contribution is 0.412. The molecule has 1 aromatic carbocycles. The Morgan fingerprint density at radius 3 is 2.59 bits per heavy atom. The van der Waals surface area contributed by atoms with Crippen LogP contribution in [0.2, 0.25) is 0 Å². The van der Waals surface area contributed by atoms with E-state index in [9.17, 15) is 0 Å². The molecule has 0 spiro atoms. The Bertz CT molecular complexity index is 438.